The largest absolute Gasteiger partial charge is 0.507 e. The van der Waals surface area contributed by atoms with E-state index in [-0.39, 0.29) is 23.0 Å². The number of rotatable bonds is 5. The minimum absolute atomic E-state index is 0.116. The van der Waals surface area contributed by atoms with Gasteiger partial charge in [0.25, 0.3) is 0 Å². The summed E-state index contributed by atoms with van der Waals surface area (Å²) in [6.45, 7) is 0. The van der Waals surface area contributed by atoms with E-state index in [1.165, 1.54) is 6.21 Å². The van der Waals surface area contributed by atoms with Crippen LogP contribution >= 0.6 is 0 Å². The van der Waals surface area contributed by atoms with Crippen molar-refractivity contribution in [1.82, 2.24) is 5.43 Å². The molecule has 4 nitrogen and oxygen atoms in total. The molecule has 0 unspecified atom stereocenters. The maximum atomic E-state index is 12.8. The molecule has 1 aliphatic rings. The molecular formula is C23H20N2O2. The van der Waals surface area contributed by atoms with Crippen LogP contribution in [0.4, 0.5) is 0 Å². The molecule has 0 aliphatic heterocycles. The van der Waals surface area contributed by atoms with Gasteiger partial charge in [-0.1, -0.05) is 72.8 Å². The standard InChI is InChI=1S/C23H20N2O2/c26-21-14-8-7-9-17(21)16-24-25-22(27)20-15-23(20,18-10-3-1-4-11-18)19-12-5-2-6-13-19/h1-14,16,20,26H,15H2,(H,25,27)/b24-16-/t20-/m1/s1. The number of amides is 1. The van der Waals surface area contributed by atoms with Crippen molar-refractivity contribution in [2.45, 2.75) is 11.8 Å². The topological polar surface area (TPSA) is 61.7 Å². The van der Waals surface area contributed by atoms with E-state index in [4.69, 9.17) is 0 Å². The van der Waals surface area contributed by atoms with Gasteiger partial charge in [0, 0.05) is 11.0 Å². The Labute approximate surface area is 158 Å². The molecule has 3 aromatic carbocycles. The van der Waals surface area contributed by atoms with Crippen molar-refractivity contribution in [3.8, 4) is 5.75 Å². The summed E-state index contributed by atoms with van der Waals surface area (Å²) >= 11 is 0. The van der Waals surface area contributed by atoms with Crippen LogP contribution in [0.2, 0.25) is 0 Å². The third-order valence-corrected chi connectivity index (χ3v) is 5.17. The predicted octanol–water partition coefficient (Wildman–Crippen LogP) is 3.85. The van der Waals surface area contributed by atoms with E-state index in [1.807, 2.05) is 36.4 Å². The number of aromatic hydroxyl groups is 1. The van der Waals surface area contributed by atoms with Crippen LogP contribution in [0.3, 0.4) is 0 Å². The average molecular weight is 356 g/mol. The van der Waals surface area contributed by atoms with Crippen LogP contribution in [0.5, 0.6) is 5.75 Å². The van der Waals surface area contributed by atoms with Gasteiger partial charge in [-0.05, 0) is 29.7 Å². The van der Waals surface area contributed by atoms with E-state index in [0.717, 1.165) is 17.5 Å². The van der Waals surface area contributed by atoms with Gasteiger partial charge in [0.2, 0.25) is 5.91 Å². The lowest BCUT2D eigenvalue weighted by Gasteiger charge is -2.18. The van der Waals surface area contributed by atoms with E-state index in [2.05, 4.69) is 34.8 Å². The molecule has 0 aromatic heterocycles. The fourth-order valence-corrected chi connectivity index (χ4v) is 3.70. The van der Waals surface area contributed by atoms with Crippen molar-refractivity contribution >= 4 is 12.1 Å². The average Bonchev–Trinajstić information content (AvgIpc) is 3.48. The van der Waals surface area contributed by atoms with Crippen LogP contribution in [0.15, 0.2) is 90.0 Å². The van der Waals surface area contributed by atoms with Crippen LogP contribution in [0.25, 0.3) is 0 Å². The summed E-state index contributed by atoms with van der Waals surface area (Å²) in [5.41, 5.74) is 5.17. The Morgan fingerprint density at radius 3 is 2.07 bits per heavy atom. The molecule has 27 heavy (non-hydrogen) atoms. The van der Waals surface area contributed by atoms with Gasteiger partial charge in [0.1, 0.15) is 5.75 Å². The minimum Gasteiger partial charge on any atom is -0.507 e. The number of para-hydroxylation sites is 1. The first-order chi connectivity index (χ1) is 13.2. The lowest BCUT2D eigenvalue weighted by molar-refractivity contribution is -0.122. The van der Waals surface area contributed by atoms with Crippen molar-refractivity contribution in [3.05, 3.63) is 102 Å². The summed E-state index contributed by atoms with van der Waals surface area (Å²) < 4.78 is 0. The smallest absolute Gasteiger partial charge is 0.244 e. The summed E-state index contributed by atoms with van der Waals surface area (Å²) in [5.74, 6) is -0.164. The first kappa shape index (κ1) is 17.0. The zero-order valence-electron chi connectivity index (χ0n) is 14.7. The number of nitrogens with one attached hydrogen (secondary N) is 1. The number of phenolic OH excluding ortho intramolecular Hbond substituents is 1. The maximum absolute atomic E-state index is 12.8. The molecule has 2 N–H and O–H groups in total. The first-order valence-corrected chi connectivity index (χ1v) is 8.94. The van der Waals surface area contributed by atoms with Crippen LogP contribution in [-0.2, 0) is 10.2 Å². The number of hydrogen-bond donors (Lipinski definition) is 2. The van der Waals surface area contributed by atoms with Gasteiger partial charge in [-0.25, -0.2) is 5.43 Å². The summed E-state index contributed by atoms with van der Waals surface area (Å²) in [7, 11) is 0. The maximum Gasteiger partial charge on any atom is 0.244 e. The Morgan fingerprint density at radius 1 is 0.926 bits per heavy atom. The van der Waals surface area contributed by atoms with Crippen LogP contribution in [-0.4, -0.2) is 17.2 Å². The van der Waals surface area contributed by atoms with E-state index in [1.54, 1.807) is 24.3 Å². The SMILES string of the molecule is O=C(N/N=C\c1ccccc1O)[C@H]1CC1(c1ccccc1)c1ccccc1. The summed E-state index contributed by atoms with van der Waals surface area (Å²) in [4.78, 5) is 12.8. The van der Waals surface area contributed by atoms with Gasteiger partial charge in [-0.15, -0.1) is 0 Å². The molecule has 4 rings (SSSR count). The number of hydrazone groups is 1. The van der Waals surface area contributed by atoms with Crippen molar-refractivity contribution in [1.29, 1.82) is 0 Å². The van der Waals surface area contributed by atoms with Gasteiger partial charge >= 0.3 is 0 Å². The molecule has 0 heterocycles. The number of hydrogen-bond acceptors (Lipinski definition) is 3. The molecule has 0 bridgehead atoms. The Hall–Kier alpha value is -3.40. The molecule has 1 atom stereocenters. The first-order valence-electron chi connectivity index (χ1n) is 8.94. The third-order valence-electron chi connectivity index (χ3n) is 5.17. The van der Waals surface area contributed by atoms with Crippen molar-refractivity contribution in [2.75, 3.05) is 0 Å². The van der Waals surface area contributed by atoms with Gasteiger partial charge in [-0.3, -0.25) is 4.79 Å². The lowest BCUT2D eigenvalue weighted by atomic mass is 9.85. The van der Waals surface area contributed by atoms with Crippen molar-refractivity contribution in [3.63, 3.8) is 0 Å². The highest BCUT2D eigenvalue weighted by atomic mass is 16.3. The van der Waals surface area contributed by atoms with Gasteiger partial charge in [0.05, 0.1) is 12.1 Å². The fourth-order valence-electron chi connectivity index (χ4n) is 3.70. The van der Waals surface area contributed by atoms with E-state index in [9.17, 15) is 9.90 Å². The normalized spacial score (nSPS) is 17.6. The molecule has 1 fully saturated rings. The van der Waals surface area contributed by atoms with Gasteiger partial charge in [0.15, 0.2) is 0 Å². The molecule has 0 radical (unpaired) electrons. The predicted molar refractivity (Wildman–Crippen MR) is 106 cm³/mol. The summed E-state index contributed by atoms with van der Waals surface area (Å²) in [6, 6.07) is 27.1. The monoisotopic (exact) mass is 356 g/mol. The molecule has 1 aliphatic carbocycles. The van der Waals surface area contributed by atoms with E-state index in [0.29, 0.717) is 5.56 Å². The third kappa shape index (κ3) is 3.22. The number of nitrogens with zero attached hydrogens (tertiary/aromatic N) is 1. The highest BCUT2D eigenvalue weighted by molar-refractivity contribution is 5.88. The molecule has 0 spiro atoms. The molecule has 0 saturated heterocycles. The number of carbonyl (C=O) groups excluding carboxylic acids is 1. The minimum atomic E-state index is -0.309. The molecule has 1 amide bonds. The molecule has 3 aromatic rings. The molecule has 1 saturated carbocycles. The van der Waals surface area contributed by atoms with E-state index < -0.39 is 0 Å². The van der Waals surface area contributed by atoms with Crippen LogP contribution in [0, 0.1) is 5.92 Å². The van der Waals surface area contributed by atoms with Crippen molar-refractivity contribution < 1.29 is 9.90 Å². The number of carbonyl (C=O) groups is 1. The summed E-state index contributed by atoms with van der Waals surface area (Å²) in [5, 5.41) is 13.8. The second-order valence-electron chi connectivity index (χ2n) is 6.75. The second kappa shape index (κ2) is 7.08. The summed E-state index contributed by atoms with van der Waals surface area (Å²) in [6.07, 6.45) is 2.21. The Morgan fingerprint density at radius 2 is 1.48 bits per heavy atom. The number of benzene rings is 3. The van der Waals surface area contributed by atoms with Crippen LogP contribution < -0.4 is 5.43 Å². The van der Waals surface area contributed by atoms with Crippen LogP contribution in [0.1, 0.15) is 23.1 Å². The quantitative estimate of drug-likeness (QED) is 0.539. The highest BCUT2D eigenvalue weighted by Crippen LogP contribution is 2.58. The Kier molecular flexibility index (Phi) is 4.47. The fraction of sp³-hybridized carbons (Fsp3) is 0.130. The van der Waals surface area contributed by atoms with Crippen molar-refractivity contribution in [2.24, 2.45) is 11.0 Å². The molecule has 4 heteroatoms. The zero-order chi connectivity index (χ0) is 18.7. The highest BCUT2D eigenvalue weighted by Gasteiger charge is 2.60. The zero-order valence-corrected chi connectivity index (χ0v) is 14.7. The lowest BCUT2D eigenvalue weighted by Crippen LogP contribution is -2.25. The van der Waals surface area contributed by atoms with Gasteiger partial charge < -0.3 is 5.11 Å². The van der Waals surface area contributed by atoms with E-state index >= 15 is 0 Å². The van der Waals surface area contributed by atoms with Gasteiger partial charge in [-0.2, -0.15) is 5.10 Å². The molecule has 134 valence electrons. The second-order valence-corrected chi connectivity index (χ2v) is 6.75. The number of phenols is 1. The Balaban J connectivity index is 1.55. The Bertz CT molecular complexity index is 928. The molecular weight excluding hydrogens is 336 g/mol.